The smallest absolute Gasteiger partial charge is 0.259 e. The Morgan fingerprint density at radius 2 is 1.79 bits per heavy atom. The molecule has 34 heavy (non-hydrogen) atoms. The first-order valence-corrected chi connectivity index (χ1v) is 13.9. The van der Waals surface area contributed by atoms with Gasteiger partial charge >= 0.3 is 0 Å². The highest BCUT2D eigenvalue weighted by atomic mass is 79.9. The predicted octanol–water partition coefficient (Wildman–Crippen LogP) is 6.39. The third-order valence-electron chi connectivity index (χ3n) is 7.52. The molecule has 5 nitrogen and oxygen atoms in total. The highest BCUT2D eigenvalue weighted by Crippen LogP contribution is 2.49. The normalized spacial score (nSPS) is 16.5. The highest BCUT2D eigenvalue weighted by molar-refractivity contribution is 9.10. The fourth-order valence-corrected chi connectivity index (χ4v) is 7.08. The Bertz CT molecular complexity index is 1430. The van der Waals surface area contributed by atoms with Gasteiger partial charge in [-0.25, -0.2) is 0 Å². The molecule has 1 spiro atoms. The van der Waals surface area contributed by atoms with Gasteiger partial charge in [0.05, 0.1) is 5.69 Å². The average molecular weight is 536 g/mol. The van der Waals surface area contributed by atoms with Crippen LogP contribution in [-0.2, 0) is 24.1 Å². The number of halogens is 1. The Hall–Kier alpha value is -2.38. The summed E-state index contributed by atoms with van der Waals surface area (Å²) >= 11 is 5.20. The standard InChI is InChI=1S/C27H27BrN4OS/c1-2-31-24(33)22-23(21-9-5-4-8-19(21)16-27(22)14-6-3-7-15-27)32-25(31)29-30-26(32)34-17-18-10-12-20(28)13-11-18/h4-5,8-13H,2-3,6-7,14-17H2,1H3. The van der Waals surface area contributed by atoms with Gasteiger partial charge in [0.15, 0.2) is 5.16 Å². The van der Waals surface area contributed by atoms with E-state index in [9.17, 15) is 4.79 Å². The molecule has 0 radical (unpaired) electrons. The lowest BCUT2D eigenvalue weighted by atomic mass is 9.62. The van der Waals surface area contributed by atoms with Crippen LogP contribution in [0.1, 0.15) is 55.7 Å². The van der Waals surface area contributed by atoms with Crippen molar-refractivity contribution in [2.75, 3.05) is 0 Å². The number of nitrogens with zero attached hydrogens (tertiary/aromatic N) is 4. The molecule has 2 aliphatic rings. The largest absolute Gasteiger partial charge is 0.277 e. The summed E-state index contributed by atoms with van der Waals surface area (Å²) in [6, 6.07) is 17.0. The van der Waals surface area contributed by atoms with Crippen molar-refractivity contribution in [1.82, 2.24) is 19.2 Å². The van der Waals surface area contributed by atoms with Gasteiger partial charge in [0.2, 0.25) is 5.78 Å². The van der Waals surface area contributed by atoms with Crippen LogP contribution in [0.2, 0.25) is 0 Å². The van der Waals surface area contributed by atoms with Crippen LogP contribution < -0.4 is 5.56 Å². The Labute approximate surface area is 211 Å². The van der Waals surface area contributed by atoms with Crippen LogP contribution in [-0.4, -0.2) is 19.2 Å². The zero-order chi connectivity index (χ0) is 23.3. The van der Waals surface area contributed by atoms with E-state index in [1.54, 1.807) is 11.8 Å². The summed E-state index contributed by atoms with van der Waals surface area (Å²) in [5, 5.41) is 9.98. The molecule has 0 saturated heterocycles. The summed E-state index contributed by atoms with van der Waals surface area (Å²) in [5.74, 6) is 1.44. The zero-order valence-electron chi connectivity index (χ0n) is 19.3. The van der Waals surface area contributed by atoms with Gasteiger partial charge in [-0.3, -0.25) is 13.8 Å². The summed E-state index contributed by atoms with van der Waals surface area (Å²) in [5.41, 5.74) is 5.77. The van der Waals surface area contributed by atoms with Crippen molar-refractivity contribution in [2.24, 2.45) is 0 Å². The lowest BCUT2D eigenvalue weighted by Gasteiger charge is -2.42. The van der Waals surface area contributed by atoms with Gasteiger partial charge in [-0.15, -0.1) is 10.2 Å². The van der Waals surface area contributed by atoms with Gasteiger partial charge in [0, 0.05) is 33.3 Å². The molecule has 0 N–H and O–H groups in total. The van der Waals surface area contributed by atoms with Gasteiger partial charge in [-0.2, -0.15) is 0 Å². The van der Waals surface area contributed by atoms with Crippen LogP contribution >= 0.6 is 27.7 Å². The molecule has 0 atom stereocenters. The van der Waals surface area contributed by atoms with Crippen molar-refractivity contribution in [3.05, 3.63) is 80.0 Å². The molecule has 1 saturated carbocycles. The summed E-state index contributed by atoms with van der Waals surface area (Å²) in [6.07, 6.45) is 6.70. The summed E-state index contributed by atoms with van der Waals surface area (Å²) in [6.45, 7) is 2.62. The third kappa shape index (κ3) is 3.47. The van der Waals surface area contributed by atoms with Crippen molar-refractivity contribution < 1.29 is 0 Å². The number of hydrogen-bond acceptors (Lipinski definition) is 4. The minimum absolute atomic E-state index is 0.0952. The number of benzene rings is 2. The Balaban J connectivity index is 1.60. The van der Waals surface area contributed by atoms with Crippen LogP contribution in [0.25, 0.3) is 17.0 Å². The summed E-state index contributed by atoms with van der Waals surface area (Å²) < 4.78 is 5.09. The monoisotopic (exact) mass is 534 g/mol. The fraction of sp³-hybridized carbons (Fsp3) is 0.370. The first kappa shape index (κ1) is 22.1. The zero-order valence-corrected chi connectivity index (χ0v) is 21.7. The van der Waals surface area contributed by atoms with E-state index in [2.05, 4.69) is 79.1 Å². The second-order valence-corrected chi connectivity index (χ2v) is 11.3. The number of rotatable bonds is 4. The van der Waals surface area contributed by atoms with E-state index in [4.69, 9.17) is 0 Å². The van der Waals surface area contributed by atoms with Crippen LogP contribution in [0, 0.1) is 0 Å². The number of fused-ring (bicyclic) bond motifs is 6. The molecule has 2 aromatic heterocycles. The molecule has 7 heteroatoms. The molecule has 2 aromatic carbocycles. The van der Waals surface area contributed by atoms with E-state index in [-0.39, 0.29) is 11.0 Å². The lowest BCUT2D eigenvalue weighted by molar-refractivity contribution is 0.283. The molecule has 0 aliphatic heterocycles. The molecule has 0 amide bonds. The second kappa shape index (κ2) is 8.68. The molecule has 1 fully saturated rings. The number of aryl methyl sites for hydroxylation is 1. The van der Waals surface area contributed by atoms with Crippen LogP contribution in [0.5, 0.6) is 0 Å². The average Bonchev–Trinajstić information content (AvgIpc) is 3.27. The highest BCUT2D eigenvalue weighted by Gasteiger charge is 2.44. The van der Waals surface area contributed by atoms with Gasteiger partial charge in [-0.05, 0) is 49.4 Å². The maximum atomic E-state index is 14.0. The van der Waals surface area contributed by atoms with E-state index in [1.807, 2.05) is 11.5 Å². The van der Waals surface area contributed by atoms with Gasteiger partial charge in [0.1, 0.15) is 0 Å². The van der Waals surface area contributed by atoms with E-state index >= 15 is 0 Å². The lowest BCUT2D eigenvalue weighted by Crippen LogP contribution is -2.43. The molecule has 174 valence electrons. The topological polar surface area (TPSA) is 52.2 Å². The minimum atomic E-state index is -0.0952. The maximum Gasteiger partial charge on any atom is 0.259 e. The van der Waals surface area contributed by atoms with E-state index in [0.29, 0.717) is 12.3 Å². The maximum absolute atomic E-state index is 14.0. The van der Waals surface area contributed by atoms with Gasteiger partial charge in [0.25, 0.3) is 5.56 Å². The number of aromatic nitrogens is 4. The third-order valence-corrected chi connectivity index (χ3v) is 9.05. The molecular weight excluding hydrogens is 508 g/mol. The van der Waals surface area contributed by atoms with Gasteiger partial charge in [-0.1, -0.05) is 83.4 Å². The molecule has 0 unspecified atom stereocenters. The second-order valence-electron chi connectivity index (χ2n) is 9.48. The van der Waals surface area contributed by atoms with Crippen LogP contribution in [0.3, 0.4) is 0 Å². The quantitative estimate of drug-likeness (QED) is 0.284. The van der Waals surface area contributed by atoms with E-state index < -0.39 is 0 Å². The van der Waals surface area contributed by atoms with Crippen LogP contribution in [0.15, 0.2) is 63.0 Å². The summed E-state index contributed by atoms with van der Waals surface area (Å²) in [7, 11) is 0. The van der Waals surface area contributed by atoms with Crippen molar-refractivity contribution in [3.8, 4) is 11.3 Å². The Morgan fingerprint density at radius 3 is 2.56 bits per heavy atom. The van der Waals surface area contributed by atoms with Crippen LogP contribution in [0.4, 0.5) is 0 Å². The van der Waals surface area contributed by atoms with E-state index in [1.165, 1.54) is 30.4 Å². The Kier molecular flexibility index (Phi) is 5.65. The molecule has 0 bridgehead atoms. The van der Waals surface area contributed by atoms with E-state index in [0.717, 1.165) is 51.5 Å². The van der Waals surface area contributed by atoms with Gasteiger partial charge < -0.3 is 0 Å². The molecule has 2 aliphatic carbocycles. The number of hydrogen-bond donors (Lipinski definition) is 0. The number of thioether (sulfide) groups is 1. The molecular formula is C27H27BrN4OS. The van der Waals surface area contributed by atoms with Crippen molar-refractivity contribution >= 4 is 33.5 Å². The van der Waals surface area contributed by atoms with Crippen molar-refractivity contribution in [1.29, 1.82) is 0 Å². The molecule has 4 aromatic rings. The molecule has 2 heterocycles. The van der Waals surface area contributed by atoms with Crippen molar-refractivity contribution in [3.63, 3.8) is 0 Å². The SMILES string of the molecule is CCn1c(=O)c2c(n3c(SCc4ccc(Br)cc4)nnc13)-c1ccccc1CC21CCCCC1. The Morgan fingerprint density at radius 1 is 1.03 bits per heavy atom. The van der Waals surface area contributed by atoms with Crippen molar-refractivity contribution in [2.45, 2.75) is 68.3 Å². The minimum Gasteiger partial charge on any atom is -0.277 e. The summed E-state index contributed by atoms with van der Waals surface area (Å²) in [4.78, 5) is 14.0. The first-order chi connectivity index (χ1) is 16.6. The predicted molar refractivity (Wildman–Crippen MR) is 141 cm³/mol. The molecule has 6 rings (SSSR count). The first-order valence-electron chi connectivity index (χ1n) is 12.1. The fourth-order valence-electron chi connectivity index (χ4n) is 5.93.